The van der Waals surface area contributed by atoms with E-state index in [4.69, 9.17) is 15.2 Å². The highest BCUT2D eigenvalue weighted by molar-refractivity contribution is 5.46. The van der Waals surface area contributed by atoms with Crippen LogP contribution in [0.1, 0.15) is 25.3 Å². The van der Waals surface area contributed by atoms with Crippen LogP contribution in [0.25, 0.3) is 0 Å². The smallest absolute Gasteiger partial charge is 0.128 e. The normalized spacial score (nSPS) is 17.3. The zero-order valence-corrected chi connectivity index (χ0v) is 9.25. The fourth-order valence-electron chi connectivity index (χ4n) is 1.72. The van der Waals surface area contributed by atoms with Gasteiger partial charge in [0.05, 0.1) is 13.7 Å². The monoisotopic (exact) mass is 207 g/mol. The van der Waals surface area contributed by atoms with Gasteiger partial charge in [0, 0.05) is 17.2 Å². The SMILES string of the molecule is CCOc1cc(OC)ccc1C1(N)CC1. The Morgan fingerprint density at radius 3 is 2.67 bits per heavy atom. The van der Waals surface area contributed by atoms with Gasteiger partial charge in [-0.3, -0.25) is 0 Å². The van der Waals surface area contributed by atoms with Gasteiger partial charge in [-0.1, -0.05) is 0 Å². The molecule has 3 heteroatoms. The second kappa shape index (κ2) is 3.74. The third kappa shape index (κ3) is 1.92. The van der Waals surface area contributed by atoms with Crippen LogP contribution >= 0.6 is 0 Å². The first kappa shape index (κ1) is 10.3. The summed E-state index contributed by atoms with van der Waals surface area (Å²) < 4.78 is 10.8. The fourth-order valence-corrected chi connectivity index (χ4v) is 1.72. The van der Waals surface area contributed by atoms with Crippen LogP contribution in [-0.4, -0.2) is 13.7 Å². The molecule has 1 fully saturated rings. The molecule has 3 nitrogen and oxygen atoms in total. The lowest BCUT2D eigenvalue weighted by molar-refractivity contribution is 0.329. The summed E-state index contributed by atoms with van der Waals surface area (Å²) in [4.78, 5) is 0. The average molecular weight is 207 g/mol. The third-order valence-electron chi connectivity index (χ3n) is 2.81. The molecule has 0 bridgehead atoms. The maximum atomic E-state index is 6.17. The van der Waals surface area contributed by atoms with E-state index >= 15 is 0 Å². The van der Waals surface area contributed by atoms with Gasteiger partial charge in [-0.25, -0.2) is 0 Å². The first-order valence-corrected chi connectivity index (χ1v) is 5.30. The fraction of sp³-hybridized carbons (Fsp3) is 0.500. The Morgan fingerprint density at radius 1 is 1.40 bits per heavy atom. The Hall–Kier alpha value is -1.22. The van der Waals surface area contributed by atoms with Crippen molar-refractivity contribution in [1.82, 2.24) is 0 Å². The molecule has 1 aromatic rings. The van der Waals surface area contributed by atoms with Crippen molar-refractivity contribution >= 4 is 0 Å². The molecule has 1 aliphatic carbocycles. The summed E-state index contributed by atoms with van der Waals surface area (Å²) in [5, 5.41) is 0. The van der Waals surface area contributed by atoms with E-state index in [9.17, 15) is 0 Å². The number of nitrogens with two attached hydrogens (primary N) is 1. The number of ether oxygens (including phenoxy) is 2. The highest BCUT2D eigenvalue weighted by atomic mass is 16.5. The van der Waals surface area contributed by atoms with Gasteiger partial charge in [0.2, 0.25) is 0 Å². The van der Waals surface area contributed by atoms with Crippen LogP contribution in [0.2, 0.25) is 0 Å². The van der Waals surface area contributed by atoms with Gasteiger partial charge in [0.15, 0.2) is 0 Å². The number of hydrogen-bond acceptors (Lipinski definition) is 3. The lowest BCUT2D eigenvalue weighted by atomic mass is 10.0. The van der Waals surface area contributed by atoms with Gasteiger partial charge >= 0.3 is 0 Å². The molecule has 0 spiro atoms. The van der Waals surface area contributed by atoms with E-state index in [0.29, 0.717) is 6.61 Å². The molecule has 2 rings (SSSR count). The second-order valence-corrected chi connectivity index (χ2v) is 3.95. The standard InChI is InChI=1S/C12H17NO2/c1-3-15-11-8-9(14-2)4-5-10(11)12(13)6-7-12/h4-5,8H,3,6-7,13H2,1-2H3. The van der Waals surface area contributed by atoms with Crippen molar-refractivity contribution in [3.05, 3.63) is 23.8 Å². The summed E-state index contributed by atoms with van der Waals surface area (Å²) in [6.07, 6.45) is 2.08. The molecule has 1 aromatic carbocycles. The number of benzene rings is 1. The Kier molecular flexibility index (Phi) is 2.57. The molecule has 0 unspecified atom stereocenters. The Labute approximate surface area is 90.2 Å². The van der Waals surface area contributed by atoms with Crippen molar-refractivity contribution in [1.29, 1.82) is 0 Å². The van der Waals surface area contributed by atoms with Gasteiger partial charge in [0.25, 0.3) is 0 Å². The van der Waals surface area contributed by atoms with Crippen LogP contribution in [0.4, 0.5) is 0 Å². The molecule has 1 saturated carbocycles. The minimum absolute atomic E-state index is 0.156. The van der Waals surface area contributed by atoms with Crippen molar-refractivity contribution in [2.24, 2.45) is 5.73 Å². The molecule has 15 heavy (non-hydrogen) atoms. The summed E-state index contributed by atoms with van der Waals surface area (Å²) in [7, 11) is 1.65. The van der Waals surface area contributed by atoms with E-state index in [-0.39, 0.29) is 5.54 Å². The molecule has 0 saturated heterocycles. The van der Waals surface area contributed by atoms with Crippen molar-refractivity contribution in [2.75, 3.05) is 13.7 Å². The van der Waals surface area contributed by atoms with E-state index in [2.05, 4.69) is 0 Å². The van der Waals surface area contributed by atoms with Gasteiger partial charge in [-0.15, -0.1) is 0 Å². The van der Waals surface area contributed by atoms with Gasteiger partial charge in [-0.05, 0) is 31.9 Å². The highest BCUT2D eigenvalue weighted by Gasteiger charge is 2.42. The van der Waals surface area contributed by atoms with Crippen LogP contribution < -0.4 is 15.2 Å². The molecule has 2 N–H and O–H groups in total. The van der Waals surface area contributed by atoms with Crippen molar-refractivity contribution in [2.45, 2.75) is 25.3 Å². The van der Waals surface area contributed by atoms with Crippen LogP contribution in [-0.2, 0) is 5.54 Å². The van der Waals surface area contributed by atoms with Crippen LogP contribution in [0.5, 0.6) is 11.5 Å². The molecule has 0 amide bonds. The molecule has 0 atom stereocenters. The predicted octanol–water partition coefficient (Wildman–Crippen LogP) is 2.04. The van der Waals surface area contributed by atoms with Gasteiger partial charge in [-0.2, -0.15) is 0 Å². The lowest BCUT2D eigenvalue weighted by Crippen LogP contribution is -2.19. The largest absolute Gasteiger partial charge is 0.497 e. The van der Waals surface area contributed by atoms with Crippen molar-refractivity contribution in [3.63, 3.8) is 0 Å². The van der Waals surface area contributed by atoms with Gasteiger partial charge in [0.1, 0.15) is 11.5 Å². The summed E-state index contributed by atoms with van der Waals surface area (Å²) >= 11 is 0. The van der Waals surface area contributed by atoms with Crippen LogP contribution in [0.3, 0.4) is 0 Å². The Morgan fingerprint density at radius 2 is 2.13 bits per heavy atom. The molecule has 1 aliphatic rings. The summed E-state index contributed by atoms with van der Waals surface area (Å²) in [6.45, 7) is 2.62. The lowest BCUT2D eigenvalue weighted by Gasteiger charge is -2.16. The summed E-state index contributed by atoms with van der Waals surface area (Å²) in [5.41, 5.74) is 7.12. The minimum Gasteiger partial charge on any atom is -0.497 e. The number of rotatable bonds is 4. The number of methoxy groups -OCH3 is 1. The van der Waals surface area contributed by atoms with Crippen LogP contribution in [0, 0.1) is 0 Å². The summed E-state index contributed by atoms with van der Waals surface area (Å²) in [5.74, 6) is 1.67. The summed E-state index contributed by atoms with van der Waals surface area (Å²) in [6, 6.07) is 5.85. The van der Waals surface area contributed by atoms with E-state index in [1.165, 1.54) is 0 Å². The molecular weight excluding hydrogens is 190 g/mol. The average Bonchev–Trinajstić information content (AvgIpc) is 2.98. The quantitative estimate of drug-likeness (QED) is 0.821. The van der Waals surface area contributed by atoms with E-state index < -0.39 is 0 Å². The predicted molar refractivity (Wildman–Crippen MR) is 59.3 cm³/mol. The third-order valence-corrected chi connectivity index (χ3v) is 2.81. The van der Waals surface area contributed by atoms with Crippen molar-refractivity contribution < 1.29 is 9.47 Å². The van der Waals surface area contributed by atoms with E-state index in [1.54, 1.807) is 7.11 Å². The molecule has 0 aromatic heterocycles. The zero-order valence-electron chi connectivity index (χ0n) is 9.25. The Balaban J connectivity index is 2.35. The first-order chi connectivity index (χ1) is 7.19. The molecular formula is C12H17NO2. The first-order valence-electron chi connectivity index (χ1n) is 5.30. The van der Waals surface area contributed by atoms with Crippen molar-refractivity contribution in [3.8, 4) is 11.5 Å². The topological polar surface area (TPSA) is 44.5 Å². The van der Waals surface area contributed by atoms with E-state index in [0.717, 1.165) is 29.9 Å². The molecule has 0 heterocycles. The molecule has 0 radical (unpaired) electrons. The maximum Gasteiger partial charge on any atom is 0.128 e. The number of hydrogen-bond donors (Lipinski definition) is 1. The molecule has 82 valence electrons. The zero-order chi connectivity index (χ0) is 10.9. The molecule has 0 aliphatic heterocycles. The highest BCUT2D eigenvalue weighted by Crippen LogP contribution is 2.47. The van der Waals surface area contributed by atoms with Gasteiger partial charge < -0.3 is 15.2 Å². The van der Waals surface area contributed by atoms with Crippen LogP contribution in [0.15, 0.2) is 18.2 Å². The minimum atomic E-state index is -0.156. The maximum absolute atomic E-state index is 6.17. The second-order valence-electron chi connectivity index (χ2n) is 3.95. The van der Waals surface area contributed by atoms with E-state index in [1.807, 2.05) is 25.1 Å². The Bertz CT molecular complexity index is 359.